The minimum atomic E-state index is 0.527. The van der Waals surface area contributed by atoms with Crippen molar-refractivity contribution in [3.8, 4) is 0 Å². The van der Waals surface area contributed by atoms with Gasteiger partial charge in [-0.15, -0.1) is 0 Å². The molecule has 1 aliphatic rings. The van der Waals surface area contributed by atoms with Crippen molar-refractivity contribution in [2.24, 2.45) is 0 Å². The van der Waals surface area contributed by atoms with Gasteiger partial charge in [-0.05, 0) is 13.8 Å². The lowest BCUT2D eigenvalue weighted by atomic mass is 10.2. The van der Waals surface area contributed by atoms with Crippen molar-refractivity contribution in [2.75, 3.05) is 24.5 Å². The maximum atomic E-state index is 4.33. The maximum absolute atomic E-state index is 4.33. The average molecular weight is 180 g/mol. The fourth-order valence-electron chi connectivity index (χ4n) is 1.70. The van der Waals surface area contributed by atoms with Crippen LogP contribution in [-0.4, -0.2) is 35.6 Å². The van der Waals surface area contributed by atoms with Crippen LogP contribution in [0.5, 0.6) is 0 Å². The maximum Gasteiger partial charge on any atom is 0.203 e. The number of imidazole rings is 1. The Morgan fingerprint density at radius 3 is 3.08 bits per heavy atom. The van der Waals surface area contributed by atoms with Gasteiger partial charge in [0.2, 0.25) is 5.95 Å². The third kappa shape index (κ3) is 1.67. The Bertz CT molecular complexity index is 281. The molecule has 1 fully saturated rings. The Morgan fingerprint density at radius 2 is 2.46 bits per heavy atom. The molecule has 4 nitrogen and oxygen atoms in total. The largest absolute Gasteiger partial charge is 0.337 e. The zero-order chi connectivity index (χ0) is 9.26. The van der Waals surface area contributed by atoms with Crippen LogP contribution in [0.4, 0.5) is 5.95 Å². The van der Waals surface area contributed by atoms with Gasteiger partial charge in [-0.25, -0.2) is 4.98 Å². The van der Waals surface area contributed by atoms with Gasteiger partial charge in [-0.3, -0.25) is 0 Å². The summed E-state index contributed by atoms with van der Waals surface area (Å²) in [6, 6.07) is 0.527. The summed E-state index contributed by atoms with van der Waals surface area (Å²) in [5, 5.41) is 3.36. The summed E-state index contributed by atoms with van der Waals surface area (Å²) in [5.41, 5.74) is 1.13. The molecule has 2 heterocycles. The van der Waals surface area contributed by atoms with E-state index in [4.69, 9.17) is 0 Å². The van der Waals surface area contributed by atoms with E-state index in [0.717, 1.165) is 31.3 Å². The summed E-state index contributed by atoms with van der Waals surface area (Å²) in [7, 11) is 0. The van der Waals surface area contributed by atoms with Gasteiger partial charge in [0.05, 0.1) is 0 Å². The number of H-pyrrole nitrogens is 1. The second-order valence-corrected chi connectivity index (χ2v) is 3.64. The number of hydrogen-bond donors (Lipinski definition) is 2. The van der Waals surface area contributed by atoms with Crippen LogP contribution >= 0.6 is 0 Å². The van der Waals surface area contributed by atoms with E-state index in [1.54, 1.807) is 0 Å². The van der Waals surface area contributed by atoms with E-state index in [0.29, 0.717) is 6.04 Å². The summed E-state index contributed by atoms with van der Waals surface area (Å²) in [6.07, 6.45) is 1.88. The molecule has 0 amide bonds. The first-order valence-electron chi connectivity index (χ1n) is 4.76. The highest BCUT2D eigenvalue weighted by atomic mass is 15.3. The molecular weight excluding hydrogens is 164 g/mol. The lowest BCUT2D eigenvalue weighted by Gasteiger charge is -2.33. The molecule has 0 aromatic carbocycles. The van der Waals surface area contributed by atoms with Gasteiger partial charge in [0.25, 0.3) is 0 Å². The van der Waals surface area contributed by atoms with Crippen LogP contribution in [0.3, 0.4) is 0 Å². The zero-order valence-electron chi connectivity index (χ0n) is 8.17. The normalized spacial score (nSPS) is 23.5. The molecule has 13 heavy (non-hydrogen) atoms. The number of aromatic amines is 1. The van der Waals surface area contributed by atoms with E-state index >= 15 is 0 Å². The van der Waals surface area contributed by atoms with E-state index in [2.05, 4.69) is 27.1 Å². The fraction of sp³-hybridized carbons (Fsp3) is 0.667. The quantitative estimate of drug-likeness (QED) is 0.662. The van der Waals surface area contributed by atoms with Gasteiger partial charge in [0.15, 0.2) is 0 Å². The minimum Gasteiger partial charge on any atom is -0.337 e. The number of hydrogen-bond acceptors (Lipinski definition) is 3. The lowest BCUT2D eigenvalue weighted by Crippen LogP contribution is -2.50. The average Bonchev–Trinajstić information content (AvgIpc) is 2.53. The topological polar surface area (TPSA) is 44.0 Å². The van der Waals surface area contributed by atoms with Crippen molar-refractivity contribution in [1.29, 1.82) is 0 Å². The van der Waals surface area contributed by atoms with Crippen LogP contribution in [0.25, 0.3) is 0 Å². The molecule has 0 bridgehead atoms. The van der Waals surface area contributed by atoms with Gasteiger partial charge < -0.3 is 15.2 Å². The van der Waals surface area contributed by atoms with Crippen LogP contribution in [0, 0.1) is 6.92 Å². The molecule has 1 aromatic rings. The molecule has 1 saturated heterocycles. The van der Waals surface area contributed by atoms with Crippen molar-refractivity contribution in [2.45, 2.75) is 19.9 Å². The smallest absolute Gasteiger partial charge is 0.203 e. The van der Waals surface area contributed by atoms with Gasteiger partial charge in [-0.2, -0.15) is 0 Å². The van der Waals surface area contributed by atoms with Crippen molar-refractivity contribution in [3.63, 3.8) is 0 Å². The number of aryl methyl sites for hydroxylation is 1. The molecule has 0 saturated carbocycles. The molecule has 1 aromatic heterocycles. The molecule has 1 aliphatic heterocycles. The van der Waals surface area contributed by atoms with Gasteiger partial charge >= 0.3 is 0 Å². The standard InChI is InChI=1S/C9H16N4/c1-7-5-11-9(12-7)13-4-3-10-6-8(13)2/h5,8,10H,3-4,6H2,1-2H3,(H,11,12)/t8-/m0/s1. The molecule has 2 N–H and O–H groups in total. The summed E-state index contributed by atoms with van der Waals surface area (Å²) in [6.45, 7) is 7.37. The molecule has 1 atom stereocenters. The van der Waals surface area contributed by atoms with Crippen LogP contribution in [-0.2, 0) is 0 Å². The van der Waals surface area contributed by atoms with Gasteiger partial charge in [0.1, 0.15) is 0 Å². The van der Waals surface area contributed by atoms with Crippen molar-refractivity contribution < 1.29 is 0 Å². The number of piperazine rings is 1. The van der Waals surface area contributed by atoms with Crippen molar-refractivity contribution in [1.82, 2.24) is 15.3 Å². The molecular formula is C9H16N4. The Kier molecular flexibility index (Phi) is 2.22. The van der Waals surface area contributed by atoms with Gasteiger partial charge in [-0.1, -0.05) is 0 Å². The summed E-state index contributed by atoms with van der Waals surface area (Å²) >= 11 is 0. The molecule has 4 heteroatoms. The summed E-state index contributed by atoms with van der Waals surface area (Å²) in [5.74, 6) is 1.01. The molecule has 0 spiro atoms. The van der Waals surface area contributed by atoms with E-state index in [1.807, 2.05) is 13.1 Å². The van der Waals surface area contributed by atoms with E-state index in [-0.39, 0.29) is 0 Å². The highest BCUT2D eigenvalue weighted by molar-refractivity contribution is 5.33. The number of aromatic nitrogens is 2. The monoisotopic (exact) mass is 180 g/mol. The first-order valence-corrected chi connectivity index (χ1v) is 4.76. The second-order valence-electron chi connectivity index (χ2n) is 3.64. The first kappa shape index (κ1) is 8.56. The van der Waals surface area contributed by atoms with Crippen molar-refractivity contribution in [3.05, 3.63) is 11.9 Å². The number of anilines is 1. The Morgan fingerprint density at radius 1 is 1.62 bits per heavy atom. The molecule has 72 valence electrons. The first-order chi connectivity index (χ1) is 6.27. The van der Waals surface area contributed by atoms with Crippen LogP contribution < -0.4 is 10.2 Å². The molecule has 0 unspecified atom stereocenters. The van der Waals surface area contributed by atoms with E-state index < -0.39 is 0 Å². The highest BCUT2D eigenvalue weighted by Crippen LogP contribution is 2.13. The molecule has 2 rings (SSSR count). The Hall–Kier alpha value is -1.03. The zero-order valence-corrected chi connectivity index (χ0v) is 8.17. The Balaban J connectivity index is 2.14. The van der Waals surface area contributed by atoms with E-state index in [1.165, 1.54) is 0 Å². The summed E-state index contributed by atoms with van der Waals surface area (Å²) < 4.78 is 0. The number of rotatable bonds is 1. The summed E-state index contributed by atoms with van der Waals surface area (Å²) in [4.78, 5) is 9.90. The second kappa shape index (κ2) is 3.38. The number of nitrogens with one attached hydrogen (secondary N) is 2. The number of nitrogens with zero attached hydrogens (tertiary/aromatic N) is 2. The fourth-order valence-corrected chi connectivity index (χ4v) is 1.70. The lowest BCUT2D eigenvalue weighted by molar-refractivity contribution is 0.494. The molecule has 0 aliphatic carbocycles. The van der Waals surface area contributed by atoms with Crippen LogP contribution in [0.15, 0.2) is 6.20 Å². The molecule has 0 radical (unpaired) electrons. The van der Waals surface area contributed by atoms with Gasteiger partial charge in [0, 0.05) is 37.6 Å². The predicted octanol–water partition coefficient (Wildman–Crippen LogP) is 0.516. The third-order valence-electron chi connectivity index (χ3n) is 2.46. The van der Waals surface area contributed by atoms with Crippen LogP contribution in [0.1, 0.15) is 12.6 Å². The van der Waals surface area contributed by atoms with Crippen LogP contribution in [0.2, 0.25) is 0 Å². The Labute approximate surface area is 78.4 Å². The third-order valence-corrected chi connectivity index (χ3v) is 2.46. The highest BCUT2D eigenvalue weighted by Gasteiger charge is 2.19. The SMILES string of the molecule is Cc1cnc(N2CCNC[C@@H]2C)[nH]1. The minimum absolute atomic E-state index is 0.527. The van der Waals surface area contributed by atoms with E-state index in [9.17, 15) is 0 Å². The van der Waals surface area contributed by atoms with Crippen molar-refractivity contribution >= 4 is 5.95 Å². The predicted molar refractivity (Wildman–Crippen MR) is 53.0 cm³/mol.